The van der Waals surface area contributed by atoms with Crippen molar-refractivity contribution in [2.45, 2.75) is 0 Å². The molecule has 6 heteroatoms. The van der Waals surface area contributed by atoms with Crippen molar-refractivity contribution in [3.8, 4) is 0 Å². The molecule has 2 N–H and O–H groups in total. The van der Waals surface area contributed by atoms with Gasteiger partial charge in [-0.15, -0.1) is 0 Å². The number of fused-ring (bicyclic) bond motifs is 3. The molecular formula is C17H18N4O2. The lowest BCUT2D eigenvalue weighted by molar-refractivity contribution is 0.0601. The Kier molecular flexibility index (Phi) is 4.34. The highest BCUT2D eigenvalue weighted by atomic mass is 16.5. The highest BCUT2D eigenvalue weighted by Crippen LogP contribution is 2.29. The molecule has 6 nitrogen and oxygen atoms in total. The molecule has 1 aromatic carbocycles. The lowest BCUT2D eigenvalue weighted by Gasteiger charge is -2.11. The number of nitrogens with zero attached hydrogens (tertiary/aromatic N) is 2. The number of hydrogen-bond acceptors (Lipinski definition) is 6. The smallest absolute Gasteiger partial charge is 0.337 e. The quantitative estimate of drug-likeness (QED) is 0.427. The van der Waals surface area contributed by atoms with Crippen LogP contribution in [0, 0.1) is 0 Å². The van der Waals surface area contributed by atoms with Gasteiger partial charge < -0.3 is 15.4 Å². The zero-order valence-corrected chi connectivity index (χ0v) is 13.1. The van der Waals surface area contributed by atoms with Gasteiger partial charge in [-0.3, -0.25) is 4.98 Å². The van der Waals surface area contributed by atoms with Crippen molar-refractivity contribution < 1.29 is 9.53 Å². The van der Waals surface area contributed by atoms with Crippen LogP contribution in [-0.4, -0.2) is 43.2 Å². The number of hydrogen-bond donors (Lipinski definition) is 2. The highest BCUT2D eigenvalue weighted by molar-refractivity contribution is 6.10. The number of pyridine rings is 2. The van der Waals surface area contributed by atoms with Gasteiger partial charge in [-0.25, -0.2) is 9.78 Å². The number of likely N-dealkylation sites (N-methyl/N-ethyl adjacent to an activating group) is 1. The molecule has 0 fully saturated rings. The highest BCUT2D eigenvalue weighted by Gasteiger charge is 2.11. The van der Waals surface area contributed by atoms with Gasteiger partial charge in [0.2, 0.25) is 0 Å². The molecular weight excluding hydrogens is 292 g/mol. The van der Waals surface area contributed by atoms with Crippen LogP contribution in [0.2, 0.25) is 0 Å². The van der Waals surface area contributed by atoms with Crippen LogP contribution in [0.1, 0.15) is 10.4 Å². The van der Waals surface area contributed by atoms with E-state index in [2.05, 4.69) is 20.6 Å². The first-order valence-corrected chi connectivity index (χ1v) is 7.39. The molecule has 0 spiro atoms. The lowest BCUT2D eigenvalue weighted by Crippen LogP contribution is -2.18. The normalized spacial score (nSPS) is 10.9. The molecule has 0 saturated heterocycles. The van der Waals surface area contributed by atoms with Crippen molar-refractivity contribution in [2.24, 2.45) is 0 Å². The van der Waals surface area contributed by atoms with Crippen LogP contribution in [0.15, 0.2) is 36.7 Å². The molecule has 2 heterocycles. The average molecular weight is 310 g/mol. The number of anilines is 1. The monoisotopic (exact) mass is 310 g/mol. The second-order valence-corrected chi connectivity index (χ2v) is 5.14. The number of rotatable bonds is 5. The molecule has 0 bridgehead atoms. The summed E-state index contributed by atoms with van der Waals surface area (Å²) < 4.78 is 4.78. The predicted molar refractivity (Wildman–Crippen MR) is 90.8 cm³/mol. The van der Waals surface area contributed by atoms with Gasteiger partial charge in [0, 0.05) is 41.6 Å². The Morgan fingerprint density at radius 2 is 2.04 bits per heavy atom. The van der Waals surface area contributed by atoms with E-state index in [1.807, 2.05) is 25.4 Å². The molecule has 0 radical (unpaired) electrons. The summed E-state index contributed by atoms with van der Waals surface area (Å²) in [7, 11) is 3.27. The average Bonchev–Trinajstić information content (AvgIpc) is 2.60. The minimum Gasteiger partial charge on any atom is -0.465 e. The van der Waals surface area contributed by atoms with E-state index >= 15 is 0 Å². The number of ether oxygens (including phenoxy) is 1. The first-order chi connectivity index (χ1) is 11.2. The summed E-state index contributed by atoms with van der Waals surface area (Å²) in [5.41, 5.74) is 1.22. The van der Waals surface area contributed by atoms with Crippen molar-refractivity contribution in [3.05, 3.63) is 42.2 Å². The van der Waals surface area contributed by atoms with E-state index in [0.717, 1.165) is 40.6 Å². The topological polar surface area (TPSA) is 76.1 Å². The molecule has 0 saturated carbocycles. The molecule has 23 heavy (non-hydrogen) atoms. The molecule has 0 aliphatic rings. The predicted octanol–water partition coefficient (Wildman–Crippen LogP) is 2.20. The number of aromatic nitrogens is 2. The van der Waals surface area contributed by atoms with E-state index in [-0.39, 0.29) is 5.97 Å². The summed E-state index contributed by atoms with van der Waals surface area (Å²) in [6.07, 6.45) is 3.57. The van der Waals surface area contributed by atoms with E-state index < -0.39 is 0 Å². The van der Waals surface area contributed by atoms with E-state index in [0.29, 0.717) is 5.56 Å². The third-order valence-corrected chi connectivity index (χ3v) is 3.68. The minimum atomic E-state index is -0.371. The van der Waals surface area contributed by atoms with Gasteiger partial charge >= 0.3 is 5.97 Å². The fraction of sp³-hybridized carbons (Fsp3) is 0.235. The number of carbonyl (C=O) groups excluding carboxylic acids is 1. The zero-order chi connectivity index (χ0) is 16.2. The SMILES string of the molecule is CNCCNc1nc2cc(C(=O)OC)ccc2c2cnccc12. The molecule has 0 aliphatic heterocycles. The Hall–Kier alpha value is -2.73. The zero-order valence-electron chi connectivity index (χ0n) is 13.1. The molecule has 0 atom stereocenters. The van der Waals surface area contributed by atoms with Crippen LogP contribution in [0.25, 0.3) is 21.7 Å². The fourth-order valence-corrected chi connectivity index (χ4v) is 2.53. The summed E-state index contributed by atoms with van der Waals surface area (Å²) in [5.74, 6) is 0.414. The summed E-state index contributed by atoms with van der Waals surface area (Å²) in [6.45, 7) is 1.58. The lowest BCUT2D eigenvalue weighted by atomic mass is 10.1. The Morgan fingerprint density at radius 3 is 2.83 bits per heavy atom. The second kappa shape index (κ2) is 6.58. The van der Waals surface area contributed by atoms with Gasteiger partial charge in [0.15, 0.2) is 0 Å². The first kappa shape index (κ1) is 15.2. The van der Waals surface area contributed by atoms with Gasteiger partial charge in [0.25, 0.3) is 0 Å². The van der Waals surface area contributed by atoms with Gasteiger partial charge in [-0.1, -0.05) is 6.07 Å². The molecule has 3 rings (SSSR count). The van der Waals surface area contributed by atoms with Crippen molar-refractivity contribution in [2.75, 3.05) is 32.6 Å². The fourth-order valence-electron chi connectivity index (χ4n) is 2.53. The van der Waals surface area contributed by atoms with E-state index in [1.165, 1.54) is 7.11 Å². The number of nitrogens with one attached hydrogen (secondary N) is 2. The Bertz CT molecular complexity index is 864. The summed E-state index contributed by atoms with van der Waals surface area (Å²) in [4.78, 5) is 20.6. The largest absolute Gasteiger partial charge is 0.465 e. The van der Waals surface area contributed by atoms with Gasteiger partial charge in [0.05, 0.1) is 18.2 Å². The van der Waals surface area contributed by atoms with Crippen LogP contribution < -0.4 is 10.6 Å². The summed E-state index contributed by atoms with van der Waals surface area (Å²) in [6, 6.07) is 7.32. The van der Waals surface area contributed by atoms with Gasteiger partial charge in [-0.05, 0) is 25.2 Å². The first-order valence-electron chi connectivity index (χ1n) is 7.39. The van der Waals surface area contributed by atoms with Crippen LogP contribution >= 0.6 is 0 Å². The molecule has 3 aromatic rings. The van der Waals surface area contributed by atoms with Crippen molar-refractivity contribution >= 4 is 33.5 Å². The van der Waals surface area contributed by atoms with Gasteiger partial charge in [0.1, 0.15) is 5.82 Å². The number of benzene rings is 1. The summed E-state index contributed by atoms with van der Waals surface area (Å²) in [5, 5.41) is 9.38. The van der Waals surface area contributed by atoms with Crippen molar-refractivity contribution in [1.82, 2.24) is 15.3 Å². The molecule has 0 unspecified atom stereocenters. The van der Waals surface area contributed by atoms with E-state index in [9.17, 15) is 4.79 Å². The second-order valence-electron chi connectivity index (χ2n) is 5.14. The maximum atomic E-state index is 11.7. The van der Waals surface area contributed by atoms with Crippen LogP contribution in [0.5, 0.6) is 0 Å². The Labute approximate surface area is 133 Å². The molecule has 0 aliphatic carbocycles. The van der Waals surface area contributed by atoms with Gasteiger partial charge in [-0.2, -0.15) is 0 Å². The van der Waals surface area contributed by atoms with E-state index in [1.54, 1.807) is 18.3 Å². The summed E-state index contributed by atoms with van der Waals surface area (Å²) >= 11 is 0. The maximum absolute atomic E-state index is 11.7. The maximum Gasteiger partial charge on any atom is 0.337 e. The van der Waals surface area contributed by atoms with Crippen molar-refractivity contribution in [3.63, 3.8) is 0 Å². The number of carbonyl (C=O) groups is 1. The molecule has 118 valence electrons. The Balaban J connectivity index is 2.17. The minimum absolute atomic E-state index is 0.371. The number of methoxy groups -OCH3 is 1. The van der Waals surface area contributed by atoms with Crippen LogP contribution in [0.3, 0.4) is 0 Å². The Morgan fingerprint density at radius 1 is 1.17 bits per heavy atom. The standard InChI is InChI=1S/C17H18N4O2/c1-18-7-8-20-16-13-5-6-19-10-14(13)12-4-3-11(17(22)23-2)9-15(12)21-16/h3-6,9-10,18H,7-8H2,1-2H3,(H,20,21). The number of esters is 1. The van der Waals surface area contributed by atoms with E-state index in [4.69, 9.17) is 4.74 Å². The third kappa shape index (κ3) is 2.93. The molecule has 2 aromatic heterocycles. The van der Waals surface area contributed by atoms with Crippen molar-refractivity contribution in [1.29, 1.82) is 0 Å². The van der Waals surface area contributed by atoms with Crippen LogP contribution in [-0.2, 0) is 4.74 Å². The third-order valence-electron chi connectivity index (χ3n) is 3.68. The van der Waals surface area contributed by atoms with Crippen LogP contribution in [0.4, 0.5) is 5.82 Å². The molecule has 0 amide bonds.